The maximum Gasteiger partial charge on any atom is 0.337 e. The number of nitro groups is 1. The quantitative estimate of drug-likeness (QED) is 0.247. The highest BCUT2D eigenvalue weighted by atomic mass is 16.7. The molecule has 1 aromatic carbocycles. The first kappa shape index (κ1) is 25.7. The number of nitro benzene ring substituents is 1. The van der Waals surface area contributed by atoms with Gasteiger partial charge in [-0.1, -0.05) is 0 Å². The molecule has 35 heavy (non-hydrogen) atoms. The van der Waals surface area contributed by atoms with E-state index in [1.54, 1.807) is 27.7 Å². The molecule has 12 nitrogen and oxygen atoms in total. The molecule has 0 saturated carbocycles. The Morgan fingerprint density at radius 2 is 1.66 bits per heavy atom. The number of fused-ring (bicyclic) bond motifs is 1. The normalized spacial score (nSPS) is 15.5. The van der Waals surface area contributed by atoms with E-state index in [-0.39, 0.29) is 49.0 Å². The van der Waals surface area contributed by atoms with E-state index < -0.39 is 35.4 Å². The number of carbonyl (C=O) groups excluding carboxylic acids is 3. The van der Waals surface area contributed by atoms with E-state index in [2.05, 4.69) is 5.32 Å². The van der Waals surface area contributed by atoms with Crippen LogP contribution >= 0.6 is 0 Å². The number of hydrogen-bond donors (Lipinski definition) is 1. The van der Waals surface area contributed by atoms with Crippen molar-refractivity contribution in [2.45, 2.75) is 40.9 Å². The Labute approximate surface area is 200 Å². The van der Waals surface area contributed by atoms with Crippen LogP contribution in [-0.4, -0.2) is 42.8 Å². The topological polar surface area (TPSA) is 153 Å². The zero-order valence-electron chi connectivity index (χ0n) is 19.8. The number of esters is 3. The van der Waals surface area contributed by atoms with Crippen molar-refractivity contribution >= 4 is 23.6 Å². The van der Waals surface area contributed by atoms with E-state index in [4.69, 9.17) is 23.7 Å². The molecule has 2 heterocycles. The van der Waals surface area contributed by atoms with E-state index in [9.17, 15) is 24.5 Å². The van der Waals surface area contributed by atoms with Gasteiger partial charge in [0.1, 0.15) is 18.3 Å². The van der Waals surface area contributed by atoms with Gasteiger partial charge in [0.05, 0.1) is 35.9 Å². The number of rotatable bonds is 8. The third kappa shape index (κ3) is 5.43. The number of nitrogens with zero attached hydrogens (tertiary/aromatic N) is 1. The van der Waals surface area contributed by atoms with Gasteiger partial charge in [-0.3, -0.25) is 14.9 Å². The molecule has 0 amide bonds. The van der Waals surface area contributed by atoms with E-state index >= 15 is 0 Å². The molecule has 0 atom stereocenters. The van der Waals surface area contributed by atoms with Crippen LogP contribution in [0.3, 0.4) is 0 Å². The molecule has 1 aromatic rings. The van der Waals surface area contributed by atoms with Gasteiger partial charge in [0.15, 0.2) is 6.79 Å². The molecule has 0 bridgehead atoms. The number of benzene rings is 1. The van der Waals surface area contributed by atoms with Gasteiger partial charge >= 0.3 is 17.9 Å². The molecule has 2 aliphatic heterocycles. The molecule has 0 aliphatic carbocycles. The lowest BCUT2D eigenvalue weighted by molar-refractivity contribution is -0.385. The average Bonchev–Trinajstić information content (AvgIpc) is 2.81. The second-order valence-corrected chi connectivity index (χ2v) is 7.64. The molecule has 0 fully saturated rings. The number of hydrogen-bond acceptors (Lipinski definition) is 11. The Hall–Kier alpha value is -3.93. The summed E-state index contributed by atoms with van der Waals surface area (Å²) in [6, 6.07) is 2.56. The molecular formula is C23H26N2O10. The summed E-state index contributed by atoms with van der Waals surface area (Å²) in [5, 5.41) is 14.3. The van der Waals surface area contributed by atoms with Crippen LogP contribution < -0.4 is 10.1 Å². The SMILES string of the molecule is CCOC(=O)C1=C(C)NC(C)=C(C(=O)OCC)C1C(=O)OCc1cc([N+](=O)[O-])cc2c1OCOC2. The number of non-ortho nitro benzene ring substituents is 1. The molecule has 0 radical (unpaired) electrons. The number of nitrogens with one attached hydrogen (secondary N) is 1. The number of ether oxygens (including phenoxy) is 5. The molecule has 12 heteroatoms. The average molecular weight is 490 g/mol. The predicted molar refractivity (Wildman–Crippen MR) is 118 cm³/mol. The highest BCUT2D eigenvalue weighted by Crippen LogP contribution is 2.35. The minimum atomic E-state index is -1.42. The van der Waals surface area contributed by atoms with Crippen molar-refractivity contribution in [2.75, 3.05) is 20.0 Å². The van der Waals surface area contributed by atoms with Crippen molar-refractivity contribution in [2.24, 2.45) is 5.92 Å². The zero-order valence-corrected chi connectivity index (χ0v) is 19.8. The lowest BCUT2D eigenvalue weighted by Crippen LogP contribution is -2.38. The van der Waals surface area contributed by atoms with Crippen LogP contribution in [0.5, 0.6) is 5.75 Å². The second kappa shape index (κ2) is 11.0. The first-order valence-corrected chi connectivity index (χ1v) is 10.9. The molecule has 0 spiro atoms. The summed E-state index contributed by atoms with van der Waals surface area (Å²) in [6.45, 7) is 6.09. The Morgan fingerprint density at radius 3 is 2.20 bits per heavy atom. The van der Waals surface area contributed by atoms with Gasteiger partial charge in [0.25, 0.3) is 5.69 Å². The summed E-state index contributed by atoms with van der Waals surface area (Å²) in [5.41, 5.74) is 0.929. The van der Waals surface area contributed by atoms with Crippen molar-refractivity contribution in [3.8, 4) is 5.75 Å². The van der Waals surface area contributed by atoms with Crippen LogP contribution in [0.4, 0.5) is 5.69 Å². The van der Waals surface area contributed by atoms with Crippen molar-refractivity contribution in [3.05, 3.63) is 55.9 Å². The van der Waals surface area contributed by atoms with Gasteiger partial charge in [-0.25, -0.2) is 9.59 Å². The highest BCUT2D eigenvalue weighted by Gasteiger charge is 2.42. The fraction of sp³-hybridized carbons (Fsp3) is 0.435. The third-order valence-electron chi connectivity index (χ3n) is 5.34. The molecule has 1 N–H and O–H groups in total. The Kier molecular flexibility index (Phi) is 8.07. The van der Waals surface area contributed by atoms with Gasteiger partial charge in [-0.05, 0) is 27.7 Å². The molecule has 188 valence electrons. The van der Waals surface area contributed by atoms with Crippen LogP contribution in [0.25, 0.3) is 0 Å². The minimum absolute atomic E-state index is 0.0496. The van der Waals surface area contributed by atoms with Gasteiger partial charge in [-0.15, -0.1) is 0 Å². The summed E-state index contributed by atoms with van der Waals surface area (Å²) in [6.07, 6.45) is 0. The van der Waals surface area contributed by atoms with Crippen molar-refractivity contribution in [3.63, 3.8) is 0 Å². The first-order chi connectivity index (χ1) is 16.7. The summed E-state index contributed by atoms with van der Waals surface area (Å²) in [4.78, 5) is 49.6. The standard InChI is InChI=1S/C23H26N2O10/c1-5-32-21(26)17-12(3)24-13(4)18(22(27)33-6-2)19(17)23(28)34-10-15-8-16(25(29)30)7-14-9-31-11-35-20(14)15/h7-8,19,24H,5-6,9-11H2,1-4H3. The van der Waals surface area contributed by atoms with Crippen LogP contribution in [-0.2, 0) is 46.5 Å². The van der Waals surface area contributed by atoms with E-state index in [1.165, 1.54) is 12.1 Å². The van der Waals surface area contributed by atoms with Crippen LogP contribution in [0.2, 0.25) is 0 Å². The smallest absolute Gasteiger partial charge is 0.337 e. The fourth-order valence-corrected chi connectivity index (χ4v) is 3.91. The number of allylic oxidation sites excluding steroid dienone is 2. The van der Waals surface area contributed by atoms with Crippen molar-refractivity contribution in [1.29, 1.82) is 0 Å². The van der Waals surface area contributed by atoms with E-state index in [1.807, 2.05) is 0 Å². The van der Waals surface area contributed by atoms with E-state index in [0.717, 1.165) is 0 Å². The van der Waals surface area contributed by atoms with Gasteiger partial charge in [0.2, 0.25) is 0 Å². The molecule has 2 aliphatic rings. The maximum absolute atomic E-state index is 13.4. The van der Waals surface area contributed by atoms with Gasteiger partial charge < -0.3 is 29.0 Å². The second-order valence-electron chi connectivity index (χ2n) is 7.64. The summed E-state index contributed by atoms with van der Waals surface area (Å²) < 4.78 is 26.4. The monoisotopic (exact) mass is 490 g/mol. The Balaban J connectivity index is 1.97. The number of dihydropyridines is 1. The first-order valence-electron chi connectivity index (χ1n) is 10.9. The van der Waals surface area contributed by atoms with Crippen LogP contribution in [0, 0.1) is 16.0 Å². The molecular weight excluding hydrogens is 464 g/mol. The molecule has 0 aromatic heterocycles. The number of carbonyl (C=O) groups is 3. The van der Waals surface area contributed by atoms with Crippen molar-refractivity contribution in [1.82, 2.24) is 5.32 Å². The highest BCUT2D eigenvalue weighted by molar-refractivity contribution is 6.05. The predicted octanol–water partition coefficient (Wildman–Crippen LogP) is 2.40. The largest absolute Gasteiger partial charge is 0.467 e. The van der Waals surface area contributed by atoms with Crippen LogP contribution in [0.15, 0.2) is 34.7 Å². The van der Waals surface area contributed by atoms with Crippen molar-refractivity contribution < 1.29 is 43.0 Å². The molecule has 3 rings (SSSR count). The zero-order chi connectivity index (χ0) is 25.7. The summed E-state index contributed by atoms with van der Waals surface area (Å²) >= 11 is 0. The van der Waals surface area contributed by atoms with E-state index in [0.29, 0.717) is 22.7 Å². The molecule has 0 unspecified atom stereocenters. The summed E-state index contributed by atoms with van der Waals surface area (Å²) in [7, 11) is 0. The lowest BCUT2D eigenvalue weighted by atomic mass is 9.85. The third-order valence-corrected chi connectivity index (χ3v) is 5.34. The van der Waals surface area contributed by atoms with Crippen LogP contribution in [0.1, 0.15) is 38.8 Å². The van der Waals surface area contributed by atoms with Gasteiger partial charge in [-0.2, -0.15) is 0 Å². The summed E-state index contributed by atoms with van der Waals surface area (Å²) in [5.74, 6) is -3.62. The lowest BCUT2D eigenvalue weighted by Gasteiger charge is -2.29. The Bertz CT molecular complexity index is 1080. The fourth-order valence-electron chi connectivity index (χ4n) is 3.91. The maximum atomic E-state index is 13.4. The minimum Gasteiger partial charge on any atom is -0.467 e. The van der Waals surface area contributed by atoms with Gasteiger partial charge in [0, 0.05) is 34.7 Å². The Morgan fingerprint density at radius 1 is 1.06 bits per heavy atom. The molecule has 0 saturated heterocycles.